The molecule has 1 N–H and O–H groups in total. The first-order valence-electron chi connectivity index (χ1n) is 6.95. The Labute approximate surface area is 137 Å². The third-order valence-corrected chi connectivity index (χ3v) is 4.19. The molecular formula is C16H15N3O3S. The van der Waals surface area contributed by atoms with Crippen molar-refractivity contribution in [2.24, 2.45) is 0 Å². The topological polar surface area (TPSA) is 77.2 Å². The Morgan fingerprint density at radius 2 is 2.22 bits per heavy atom. The number of thioether (sulfide) groups is 1. The van der Waals surface area contributed by atoms with E-state index in [4.69, 9.17) is 9.26 Å². The maximum Gasteiger partial charge on any atom is 0.236 e. The molecule has 7 heteroatoms. The van der Waals surface area contributed by atoms with Gasteiger partial charge in [-0.2, -0.15) is 0 Å². The SMILES string of the molecule is COc1cccc2c(SCC(=O)Nc3cc(C)on3)nccc12. The van der Waals surface area contributed by atoms with Crippen molar-refractivity contribution in [2.75, 3.05) is 18.2 Å². The van der Waals surface area contributed by atoms with Crippen LogP contribution in [0.2, 0.25) is 0 Å². The number of nitrogens with one attached hydrogen (secondary N) is 1. The summed E-state index contributed by atoms with van der Waals surface area (Å²) in [7, 11) is 1.63. The molecule has 0 radical (unpaired) electrons. The Bertz CT molecular complexity index is 847. The number of carbonyl (C=O) groups is 1. The zero-order valence-electron chi connectivity index (χ0n) is 12.7. The van der Waals surface area contributed by atoms with Crippen LogP contribution in [0.15, 0.2) is 46.1 Å². The zero-order valence-corrected chi connectivity index (χ0v) is 13.5. The summed E-state index contributed by atoms with van der Waals surface area (Å²) in [5.41, 5.74) is 0. The molecule has 0 saturated carbocycles. The smallest absolute Gasteiger partial charge is 0.236 e. The van der Waals surface area contributed by atoms with Crippen molar-refractivity contribution in [1.29, 1.82) is 0 Å². The van der Waals surface area contributed by atoms with E-state index in [1.807, 2.05) is 24.3 Å². The second-order valence-corrected chi connectivity index (χ2v) is 5.80. The highest BCUT2D eigenvalue weighted by atomic mass is 32.2. The average Bonchev–Trinajstić information content (AvgIpc) is 2.97. The lowest BCUT2D eigenvalue weighted by Crippen LogP contribution is -2.14. The monoisotopic (exact) mass is 329 g/mol. The Morgan fingerprint density at radius 3 is 2.96 bits per heavy atom. The minimum atomic E-state index is -0.162. The van der Waals surface area contributed by atoms with Crippen molar-refractivity contribution in [1.82, 2.24) is 10.1 Å². The van der Waals surface area contributed by atoms with E-state index in [-0.39, 0.29) is 11.7 Å². The van der Waals surface area contributed by atoms with Gasteiger partial charge in [-0.05, 0) is 19.1 Å². The highest BCUT2D eigenvalue weighted by Crippen LogP contribution is 2.31. The van der Waals surface area contributed by atoms with Gasteiger partial charge in [-0.3, -0.25) is 4.79 Å². The van der Waals surface area contributed by atoms with Crippen LogP contribution in [0.4, 0.5) is 5.82 Å². The van der Waals surface area contributed by atoms with Gasteiger partial charge in [0.1, 0.15) is 16.5 Å². The number of hydrogen-bond acceptors (Lipinski definition) is 6. The van der Waals surface area contributed by atoms with Gasteiger partial charge >= 0.3 is 0 Å². The minimum Gasteiger partial charge on any atom is -0.496 e. The molecule has 0 fully saturated rings. The van der Waals surface area contributed by atoms with Crippen LogP contribution in [-0.4, -0.2) is 28.9 Å². The summed E-state index contributed by atoms with van der Waals surface area (Å²) in [5.74, 6) is 1.92. The third-order valence-electron chi connectivity index (χ3n) is 3.18. The molecule has 0 saturated heterocycles. The molecule has 0 unspecified atom stereocenters. The van der Waals surface area contributed by atoms with Gasteiger partial charge in [0.2, 0.25) is 5.91 Å². The molecule has 0 aliphatic rings. The number of nitrogens with zero attached hydrogens (tertiary/aromatic N) is 2. The summed E-state index contributed by atoms with van der Waals surface area (Å²) in [5, 5.41) is 9.14. The number of rotatable bonds is 5. The lowest BCUT2D eigenvalue weighted by molar-refractivity contribution is -0.113. The largest absolute Gasteiger partial charge is 0.496 e. The lowest BCUT2D eigenvalue weighted by Gasteiger charge is -2.08. The Kier molecular flexibility index (Phi) is 4.47. The zero-order chi connectivity index (χ0) is 16.2. The molecule has 0 spiro atoms. The number of carbonyl (C=O) groups excluding carboxylic acids is 1. The molecule has 0 aliphatic heterocycles. The van der Waals surface area contributed by atoms with Gasteiger partial charge in [0, 0.05) is 23.0 Å². The van der Waals surface area contributed by atoms with Crippen LogP contribution in [0.25, 0.3) is 10.8 Å². The van der Waals surface area contributed by atoms with E-state index in [0.717, 1.165) is 21.5 Å². The molecule has 23 heavy (non-hydrogen) atoms. The Balaban J connectivity index is 1.73. The van der Waals surface area contributed by atoms with Crippen LogP contribution in [-0.2, 0) is 4.79 Å². The molecule has 0 aliphatic carbocycles. The molecule has 0 atom stereocenters. The standard InChI is InChI=1S/C16H15N3O3S/c1-10-8-14(19-22-10)18-15(20)9-23-16-12-4-3-5-13(21-2)11(12)6-7-17-16/h3-8H,9H2,1-2H3,(H,18,19,20). The summed E-state index contributed by atoms with van der Waals surface area (Å²) >= 11 is 1.37. The first-order valence-corrected chi connectivity index (χ1v) is 7.93. The number of benzene rings is 1. The summed E-state index contributed by atoms with van der Waals surface area (Å²) in [6.45, 7) is 1.77. The first kappa shape index (κ1) is 15.4. The second kappa shape index (κ2) is 6.70. The van der Waals surface area contributed by atoms with Crippen LogP contribution >= 0.6 is 11.8 Å². The lowest BCUT2D eigenvalue weighted by atomic mass is 10.1. The fraction of sp³-hybridized carbons (Fsp3) is 0.188. The molecule has 6 nitrogen and oxygen atoms in total. The van der Waals surface area contributed by atoms with Crippen molar-refractivity contribution >= 4 is 34.3 Å². The van der Waals surface area contributed by atoms with E-state index < -0.39 is 0 Å². The number of amides is 1. The van der Waals surface area contributed by atoms with E-state index in [0.29, 0.717) is 11.6 Å². The highest BCUT2D eigenvalue weighted by Gasteiger charge is 2.11. The van der Waals surface area contributed by atoms with Crippen molar-refractivity contribution < 1.29 is 14.1 Å². The summed E-state index contributed by atoms with van der Waals surface area (Å²) in [6.07, 6.45) is 1.71. The van der Waals surface area contributed by atoms with E-state index in [1.165, 1.54) is 11.8 Å². The van der Waals surface area contributed by atoms with Crippen molar-refractivity contribution in [3.8, 4) is 5.75 Å². The number of anilines is 1. The number of pyridine rings is 1. The number of methoxy groups -OCH3 is 1. The van der Waals surface area contributed by atoms with E-state index in [2.05, 4.69) is 15.5 Å². The molecule has 0 bridgehead atoms. The molecule has 3 rings (SSSR count). The molecule has 2 heterocycles. The van der Waals surface area contributed by atoms with Crippen LogP contribution in [0, 0.1) is 6.92 Å². The van der Waals surface area contributed by atoms with Crippen molar-refractivity contribution in [2.45, 2.75) is 11.9 Å². The highest BCUT2D eigenvalue weighted by molar-refractivity contribution is 8.00. The molecule has 2 aromatic heterocycles. The first-order chi connectivity index (χ1) is 11.2. The Morgan fingerprint density at radius 1 is 1.35 bits per heavy atom. The second-order valence-electron chi connectivity index (χ2n) is 4.83. The van der Waals surface area contributed by atoms with Crippen LogP contribution in [0.5, 0.6) is 5.75 Å². The number of aromatic nitrogens is 2. The van der Waals surface area contributed by atoms with Gasteiger partial charge in [0.15, 0.2) is 5.82 Å². The molecule has 1 amide bonds. The number of hydrogen-bond donors (Lipinski definition) is 1. The van der Waals surface area contributed by atoms with E-state index in [9.17, 15) is 4.79 Å². The fourth-order valence-corrected chi connectivity index (χ4v) is 2.99. The Hall–Kier alpha value is -2.54. The summed E-state index contributed by atoms with van der Waals surface area (Å²) in [6, 6.07) is 9.34. The number of aryl methyl sites for hydroxylation is 1. The molecule has 1 aromatic carbocycles. The van der Waals surface area contributed by atoms with Gasteiger partial charge < -0.3 is 14.6 Å². The summed E-state index contributed by atoms with van der Waals surface area (Å²) in [4.78, 5) is 16.3. The van der Waals surface area contributed by atoms with Crippen LogP contribution in [0.3, 0.4) is 0 Å². The minimum absolute atomic E-state index is 0.162. The van der Waals surface area contributed by atoms with Gasteiger partial charge in [0.25, 0.3) is 0 Å². The average molecular weight is 329 g/mol. The normalized spacial score (nSPS) is 10.7. The predicted molar refractivity (Wildman–Crippen MR) is 88.9 cm³/mol. The predicted octanol–water partition coefficient (Wildman–Crippen LogP) is 3.27. The number of fused-ring (bicyclic) bond motifs is 1. The van der Waals surface area contributed by atoms with Crippen molar-refractivity contribution in [3.63, 3.8) is 0 Å². The molecule has 118 valence electrons. The molecule has 3 aromatic rings. The van der Waals surface area contributed by atoms with Gasteiger partial charge in [-0.1, -0.05) is 29.1 Å². The van der Waals surface area contributed by atoms with Gasteiger partial charge in [-0.25, -0.2) is 4.98 Å². The van der Waals surface area contributed by atoms with E-state index in [1.54, 1.807) is 26.3 Å². The van der Waals surface area contributed by atoms with E-state index >= 15 is 0 Å². The van der Waals surface area contributed by atoms with Crippen molar-refractivity contribution in [3.05, 3.63) is 42.3 Å². The number of ether oxygens (including phenoxy) is 1. The third kappa shape index (κ3) is 3.45. The maximum absolute atomic E-state index is 12.0. The van der Waals surface area contributed by atoms with Crippen LogP contribution < -0.4 is 10.1 Å². The molecular weight excluding hydrogens is 314 g/mol. The van der Waals surface area contributed by atoms with Gasteiger partial charge in [0.05, 0.1) is 12.9 Å². The maximum atomic E-state index is 12.0. The fourth-order valence-electron chi connectivity index (χ4n) is 2.18. The van der Waals surface area contributed by atoms with Gasteiger partial charge in [-0.15, -0.1) is 0 Å². The quantitative estimate of drug-likeness (QED) is 0.724. The summed E-state index contributed by atoms with van der Waals surface area (Å²) < 4.78 is 10.3. The van der Waals surface area contributed by atoms with Crippen LogP contribution in [0.1, 0.15) is 5.76 Å².